The Morgan fingerprint density at radius 3 is 2.47 bits per heavy atom. The minimum atomic E-state index is -4.32. The van der Waals surface area contributed by atoms with Gasteiger partial charge in [0.2, 0.25) is 5.91 Å². The number of benzene rings is 1. The third-order valence-corrected chi connectivity index (χ3v) is 3.16. The molecule has 1 radical (unpaired) electrons. The van der Waals surface area contributed by atoms with Gasteiger partial charge in [-0.2, -0.15) is 13.2 Å². The van der Waals surface area contributed by atoms with Crippen molar-refractivity contribution in [2.24, 2.45) is 5.73 Å². The molecule has 1 aromatic rings. The van der Waals surface area contributed by atoms with Gasteiger partial charge in [-0.25, -0.2) is 0 Å². The van der Waals surface area contributed by atoms with Crippen molar-refractivity contribution in [1.29, 1.82) is 0 Å². The van der Waals surface area contributed by atoms with Crippen LogP contribution in [0, 0.1) is 6.42 Å². The minimum absolute atomic E-state index is 0.419. The average molecular weight is 271 g/mol. The summed E-state index contributed by atoms with van der Waals surface area (Å²) >= 11 is 0. The first-order valence-electron chi connectivity index (χ1n) is 5.91. The Labute approximate surface area is 109 Å². The van der Waals surface area contributed by atoms with Crippen molar-refractivity contribution in [2.45, 2.75) is 25.2 Å². The number of amides is 1. The quantitative estimate of drug-likeness (QED) is 0.913. The molecule has 1 amide bonds. The topological polar surface area (TPSA) is 46.3 Å². The molecule has 0 saturated carbocycles. The van der Waals surface area contributed by atoms with Crippen molar-refractivity contribution in [3.8, 4) is 0 Å². The lowest BCUT2D eigenvalue weighted by atomic mass is 10.1. The summed E-state index contributed by atoms with van der Waals surface area (Å²) in [5.41, 5.74) is 5.32. The molecule has 0 bridgehead atoms. The van der Waals surface area contributed by atoms with Crippen LogP contribution in [0.4, 0.5) is 13.2 Å². The Hall–Kier alpha value is -1.56. The molecule has 19 heavy (non-hydrogen) atoms. The van der Waals surface area contributed by atoms with Gasteiger partial charge in [-0.05, 0) is 37.1 Å². The Bertz CT molecular complexity index is 456. The molecule has 2 rings (SSSR count). The van der Waals surface area contributed by atoms with Crippen LogP contribution < -0.4 is 5.73 Å². The van der Waals surface area contributed by atoms with Crippen LogP contribution in [0.2, 0.25) is 0 Å². The van der Waals surface area contributed by atoms with Crippen molar-refractivity contribution >= 4 is 5.91 Å². The van der Waals surface area contributed by atoms with Crippen LogP contribution in [0.1, 0.15) is 17.5 Å². The smallest absolute Gasteiger partial charge is 0.368 e. The summed E-state index contributed by atoms with van der Waals surface area (Å²) in [5, 5.41) is 0. The van der Waals surface area contributed by atoms with Gasteiger partial charge in [0.15, 0.2) is 0 Å². The van der Waals surface area contributed by atoms with Crippen LogP contribution in [0.5, 0.6) is 0 Å². The number of alkyl halides is 3. The maximum absolute atomic E-state index is 12.4. The highest BCUT2D eigenvalue weighted by Gasteiger charge is 2.31. The first-order valence-corrected chi connectivity index (χ1v) is 5.91. The van der Waals surface area contributed by atoms with Crippen LogP contribution in [0.25, 0.3) is 0 Å². The third kappa shape index (κ3) is 3.26. The van der Waals surface area contributed by atoms with E-state index in [0.29, 0.717) is 13.1 Å². The summed E-state index contributed by atoms with van der Waals surface area (Å²) in [6.45, 7) is 1.11. The second-order valence-electron chi connectivity index (χ2n) is 4.54. The van der Waals surface area contributed by atoms with Crippen molar-refractivity contribution < 1.29 is 18.0 Å². The fourth-order valence-electron chi connectivity index (χ4n) is 2.19. The van der Waals surface area contributed by atoms with E-state index in [1.807, 2.05) is 11.3 Å². The maximum Gasteiger partial charge on any atom is 0.416 e. The number of likely N-dealkylation sites (tertiary alicyclic amines) is 1. The number of rotatable bonds is 3. The normalized spacial score (nSPS) is 20.7. The van der Waals surface area contributed by atoms with Crippen molar-refractivity contribution in [3.63, 3.8) is 0 Å². The zero-order valence-electron chi connectivity index (χ0n) is 10.2. The summed E-state index contributed by atoms with van der Waals surface area (Å²) in [6, 6.07) is 4.53. The van der Waals surface area contributed by atoms with E-state index in [9.17, 15) is 18.0 Å². The largest absolute Gasteiger partial charge is 0.416 e. The van der Waals surface area contributed by atoms with Gasteiger partial charge in [-0.3, -0.25) is 9.69 Å². The molecule has 103 valence electrons. The first kappa shape index (κ1) is 13.9. The van der Waals surface area contributed by atoms with E-state index < -0.39 is 23.7 Å². The number of nitrogens with zero attached hydrogens (tertiary/aromatic N) is 1. The molecule has 1 aromatic carbocycles. The number of carbonyl (C=O) groups is 1. The number of hydrogen-bond donors (Lipinski definition) is 1. The molecule has 1 saturated heterocycles. The Kier molecular flexibility index (Phi) is 3.80. The standard InChI is InChI=1S/C13H14F3N2O/c14-13(15,16)10-5-3-9(4-6-10)8-18-7-1-2-11(18)12(17)19/h2-6,11H,1,7-8H2,(H2,17,19). The predicted molar refractivity (Wildman–Crippen MR) is 63.8 cm³/mol. The predicted octanol–water partition coefficient (Wildman–Crippen LogP) is 1.97. The van der Waals surface area contributed by atoms with E-state index in [1.54, 1.807) is 0 Å². The SMILES string of the molecule is NC(=O)C1[CH]CCN1Cc1ccc(C(F)(F)F)cc1. The van der Waals surface area contributed by atoms with Gasteiger partial charge < -0.3 is 5.73 Å². The molecule has 0 aromatic heterocycles. The van der Waals surface area contributed by atoms with Gasteiger partial charge in [-0.1, -0.05) is 12.1 Å². The number of nitrogens with two attached hydrogens (primary N) is 1. The Morgan fingerprint density at radius 1 is 1.32 bits per heavy atom. The number of hydrogen-bond acceptors (Lipinski definition) is 2. The van der Waals surface area contributed by atoms with Crippen LogP contribution in [0.3, 0.4) is 0 Å². The number of primary amides is 1. The van der Waals surface area contributed by atoms with Gasteiger partial charge in [0.1, 0.15) is 0 Å². The van der Waals surface area contributed by atoms with Gasteiger partial charge >= 0.3 is 6.18 Å². The van der Waals surface area contributed by atoms with Crippen LogP contribution in [0.15, 0.2) is 24.3 Å². The van der Waals surface area contributed by atoms with Crippen molar-refractivity contribution in [3.05, 3.63) is 41.8 Å². The van der Waals surface area contributed by atoms with Crippen molar-refractivity contribution in [1.82, 2.24) is 4.90 Å². The number of halogens is 3. The first-order chi connectivity index (χ1) is 8.88. The average Bonchev–Trinajstić information content (AvgIpc) is 2.77. The summed E-state index contributed by atoms with van der Waals surface area (Å²) in [6.07, 6.45) is -1.74. The maximum atomic E-state index is 12.4. The molecule has 3 nitrogen and oxygen atoms in total. The summed E-state index contributed by atoms with van der Waals surface area (Å²) < 4.78 is 37.2. The van der Waals surface area contributed by atoms with Gasteiger partial charge in [0.25, 0.3) is 0 Å². The third-order valence-electron chi connectivity index (χ3n) is 3.16. The molecule has 1 atom stereocenters. The van der Waals surface area contributed by atoms with E-state index in [2.05, 4.69) is 0 Å². The van der Waals surface area contributed by atoms with Gasteiger partial charge in [0.05, 0.1) is 11.6 Å². The Balaban J connectivity index is 2.06. The molecule has 1 unspecified atom stereocenters. The molecular weight excluding hydrogens is 257 g/mol. The van der Waals surface area contributed by atoms with Crippen molar-refractivity contribution in [2.75, 3.05) is 6.54 Å². The molecule has 1 aliphatic heterocycles. The highest BCUT2D eigenvalue weighted by molar-refractivity contribution is 5.81. The zero-order valence-corrected chi connectivity index (χ0v) is 10.2. The molecule has 1 heterocycles. The van der Waals surface area contributed by atoms with Crippen LogP contribution in [-0.2, 0) is 17.5 Å². The molecule has 0 spiro atoms. The minimum Gasteiger partial charge on any atom is -0.368 e. The molecule has 6 heteroatoms. The lowest BCUT2D eigenvalue weighted by molar-refractivity contribution is -0.137. The monoisotopic (exact) mass is 271 g/mol. The second-order valence-corrected chi connectivity index (χ2v) is 4.54. The van der Waals surface area contributed by atoms with Crippen LogP contribution in [-0.4, -0.2) is 23.4 Å². The molecule has 1 aliphatic rings. The molecule has 0 aliphatic carbocycles. The Morgan fingerprint density at radius 2 is 1.95 bits per heavy atom. The zero-order chi connectivity index (χ0) is 14.0. The number of carbonyl (C=O) groups excluding carboxylic acids is 1. The van der Waals surface area contributed by atoms with E-state index in [0.717, 1.165) is 24.1 Å². The lowest BCUT2D eigenvalue weighted by Crippen LogP contribution is -2.40. The fraction of sp³-hybridized carbons (Fsp3) is 0.385. The summed E-state index contributed by atoms with van der Waals surface area (Å²) in [5.74, 6) is -0.426. The van der Waals surface area contributed by atoms with Gasteiger partial charge in [-0.15, -0.1) is 0 Å². The van der Waals surface area contributed by atoms with Crippen LogP contribution >= 0.6 is 0 Å². The second kappa shape index (κ2) is 5.21. The fourth-order valence-corrected chi connectivity index (χ4v) is 2.19. The van der Waals surface area contributed by atoms with E-state index in [4.69, 9.17) is 5.73 Å². The van der Waals surface area contributed by atoms with E-state index >= 15 is 0 Å². The molecular formula is C13H14F3N2O. The highest BCUT2D eigenvalue weighted by Crippen LogP contribution is 2.29. The summed E-state index contributed by atoms with van der Waals surface area (Å²) in [7, 11) is 0. The lowest BCUT2D eigenvalue weighted by Gasteiger charge is -2.21. The van der Waals surface area contributed by atoms with E-state index in [-0.39, 0.29) is 0 Å². The van der Waals surface area contributed by atoms with E-state index in [1.165, 1.54) is 12.1 Å². The van der Waals surface area contributed by atoms with Gasteiger partial charge in [0, 0.05) is 6.54 Å². The molecule has 2 N–H and O–H groups in total. The summed E-state index contributed by atoms with van der Waals surface area (Å²) in [4.78, 5) is 13.0. The molecule has 1 fully saturated rings. The highest BCUT2D eigenvalue weighted by atomic mass is 19.4.